The fourth-order valence-corrected chi connectivity index (χ4v) is 2.53. The summed E-state index contributed by atoms with van der Waals surface area (Å²) in [7, 11) is -4.57. The molecule has 1 aliphatic heterocycles. The van der Waals surface area contributed by atoms with Crippen LogP contribution in [0.1, 0.15) is 0 Å². The molecular weight excluding hydrogens is 278 g/mol. The van der Waals surface area contributed by atoms with Gasteiger partial charge in [0, 0.05) is 18.8 Å². The van der Waals surface area contributed by atoms with Crippen LogP contribution < -0.4 is 10.2 Å². The van der Waals surface area contributed by atoms with Gasteiger partial charge in [-0.25, -0.2) is 8.42 Å². The van der Waals surface area contributed by atoms with E-state index >= 15 is 0 Å². The SMILES string of the molecule is O=C1CN(c2ccc(S(=O)(=O)C(F)F)cc2)CCN1. The third kappa shape index (κ3) is 2.83. The van der Waals surface area contributed by atoms with E-state index in [1.54, 1.807) is 4.90 Å². The third-order valence-corrected chi connectivity index (χ3v) is 4.20. The highest BCUT2D eigenvalue weighted by molar-refractivity contribution is 7.91. The van der Waals surface area contributed by atoms with Gasteiger partial charge in [0.1, 0.15) is 0 Å². The number of alkyl halides is 2. The van der Waals surface area contributed by atoms with Crippen LogP contribution in [0, 0.1) is 0 Å². The van der Waals surface area contributed by atoms with Crippen molar-refractivity contribution in [2.45, 2.75) is 10.7 Å². The molecule has 0 aliphatic carbocycles. The summed E-state index contributed by atoms with van der Waals surface area (Å²) in [5.41, 5.74) is 0.628. The van der Waals surface area contributed by atoms with Gasteiger partial charge in [-0.05, 0) is 24.3 Å². The molecule has 1 aliphatic rings. The number of rotatable bonds is 3. The number of piperazine rings is 1. The van der Waals surface area contributed by atoms with Gasteiger partial charge in [0.2, 0.25) is 15.7 Å². The molecular formula is C11H12F2N2O3S. The molecule has 0 unspecified atom stereocenters. The summed E-state index contributed by atoms with van der Waals surface area (Å²) in [6, 6.07) is 5.11. The summed E-state index contributed by atoms with van der Waals surface area (Å²) in [5.74, 6) is -3.56. The van der Waals surface area contributed by atoms with Crippen LogP contribution in [-0.2, 0) is 14.6 Å². The predicted molar refractivity (Wildman–Crippen MR) is 64.9 cm³/mol. The quantitative estimate of drug-likeness (QED) is 0.886. The van der Waals surface area contributed by atoms with Gasteiger partial charge in [0.05, 0.1) is 11.4 Å². The topological polar surface area (TPSA) is 66.5 Å². The van der Waals surface area contributed by atoms with Crippen LogP contribution in [0.15, 0.2) is 29.2 Å². The van der Waals surface area contributed by atoms with E-state index in [0.29, 0.717) is 18.8 Å². The summed E-state index contributed by atoms with van der Waals surface area (Å²) in [5, 5.41) is 2.66. The van der Waals surface area contributed by atoms with Crippen LogP contribution in [0.2, 0.25) is 0 Å². The summed E-state index contributed by atoms with van der Waals surface area (Å²) >= 11 is 0. The van der Waals surface area contributed by atoms with Gasteiger partial charge in [-0.1, -0.05) is 0 Å². The van der Waals surface area contributed by atoms with Crippen molar-refractivity contribution in [3.05, 3.63) is 24.3 Å². The van der Waals surface area contributed by atoms with Gasteiger partial charge >= 0.3 is 5.76 Å². The maximum Gasteiger partial charge on any atom is 0.341 e. The second-order valence-electron chi connectivity index (χ2n) is 4.07. The molecule has 1 saturated heterocycles. The van der Waals surface area contributed by atoms with Gasteiger partial charge < -0.3 is 10.2 Å². The van der Waals surface area contributed by atoms with E-state index in [1.165, 1.54) is 12.1 Å². The predicted octanol–water partition coefficient (Wildman–Crippen LogP) is 0.619. The molecule has 0 spiro atoms. The smallest absolute Gasteiger partial charge is 0.341 e. The monoisotopic (exact) mass is 290 g/mol. The molecule has 1 heterocycles. The Morgan fingerprint density at radius 3 is 2.37 bits per heavy atom. The summed E-state index contributed by atoms with van der Waals surface area (Å²) in [6.45, 7) is 1.25. The standard InChI is InChI=1S/C11H12F2N2O3S/c12-11(13)19(17,18)9-3-1-8(2-4-9)15-6-5-14-10(16)7-15/h1-4,11H,5-7H2,(H,14,16). The number of carbonyl (C=O) groups is 1. The van der Waals surface area contributed by atoms with Crippen molar-refractivity contribution in [2.24, 2.45) is 0 Å². The molecule has 0 atom stereocenters. The molecule has 5 nitrogen and oxygen atoms in total. The van der Waals surface area contributed by atoms with Crippen LogP contribution in [0.4, 0.5) is 14.5 Å². The third-order valence-electron chi connectivity index (χ3n) is 2.80. The van der Waals surface area contributed by atoms with E-state index in [4.69, 9.17) is 0 Å². The Balaban J connectivity index is 2.21. The zero-order chi connectivity index (χ0) is 14.0. The second-order valence-corrected chi connectivity index (χ2v) is 5.99. The summed E-state index contributed by atoms with van der Waals surface area (Å²) in [6.07, 6.45) is 0. The van der Waals surface area contributed by atoms with Crippen molar-refractivity contribution in [3.63, 3.8) is 0 Å². The van der Waals surface area contributed by atoms with Gasteiger partial charge in [0.25, 0.3) is 0 Å². The van der Waals surface area contributed by atoms with E-state index in [2.05, 4.69) is 5.32 Å². The van der Waals surface area contributed by atoms with Gasteiger partial charge in [-0.2, -0.15) is 8.78 Å². The number of halogens is 2. The Morgan fingerprint density at radius 1 is 1.21 bits per heavy atom. The summed E-state index contributed by atoms with van der Waals surface area (Å²) < 4.78 is 47.2. The average molecular weight is 290 g/mol. The lowest BCUT2D eigenvalue weighted by Crippen LogP contribution is -2.47. The van der Waals surface area contributed by atoms with Crippen molar-refractivity contribution in [1.82, 2.24) is 5.32 Å². The maximum atomic E-state index is 12.4. The molecule has 1 N–H and O–H groups in total. The minimum atomic E-state index is -4.57. The van der Waals surface area contributed by atoms with Crippen molar-refractivity contribution >= 4 is 21.4 Å². The number of nitrogens with zero attached hydrogens (tertiary/aromatic N) is 1. The fraction of sp³-hybridized carbons (Fsp3) is 0.364. The Kier molecular flexibility index (Phi) is 3.70. The Morgan fingerprint density at radius 2 is 1.84 bits per heavy atom. The molecule has 0 saturated carbocycles. The van der Waals surface area contributed by atoms with E-state index < -0.39 is 20.5 Å². The number of amides is 1. The molecule has 1 aromatic carbocycles. The van der Waals surface area contributed by atoms with E-state index in [9.17, 15) is 22.0 Å². The number of benzene rings is 1. The molecule has 0 radical (unpaired) electrons. The second kappa shape index (κ2) is 5.12. The molecule has 0 aromatic heterocycles. The molecule has 104 valence electrons. The summed E-state index contributed by atoms with van der Waals surface area (Å²) in [4.78, 5) is 12.5. The number of hydrogen-bond donors (Lipinski definition) is 1. The zero-order valence-electron chi connectivity index (χ0n) is 9.84. The van der Waals surface area contributed by atoms with E-state index in [0.717, 1.165) is 12.1 Å². The van der Waals surface area contributed by atoms with Crippen LogP contribution in [0.3, 0.4) is 0 Å². The minimum Gasteiger partial charge on any atom is -0.360 e. The van der Waals surface area contributed by atoms with Gasteiger partial charge in [-0.15, -0.1) is 0 Å². The number of hydrogen-bond acceptors (Lipinski definition) is 4. The largest absolute Gasteiger partial charge is 0.360 e. The first-order valence-electron chi connectivity index (χ1n) is 5.55. The van der Waals surface area contributed by atoms with Gasteiger partial charge in [0.15, 0.2) is 0 Å². The highest BCUT2D eigenvalue weighted by Crippen LogP contribution is 2.22. The lowest BCUT2D eigenvalue weighted by molar-refractivity contribution is -0.120. The Hall–Kier alpha value is -1.70. The van der Waals surface area contributed by atoms with Crippen LogP contribution in [0.5, 0.6) is 0 Å². The lowest BCUT2D eigenvalue weighted by atomic mass is 10.2. The number of sulfone groups is 1. The molecule has 1 fully saturated rings. The molecule has 8 heteroatoms. The van der Waals surface area contributed by atoms with Gasteiger partial charge in [-0.3, -0.25) is 4.79 Å². The lowest BCUT2D eigenvalue weighted by Gasteiger charge is -2.28. The van der Waals surface area contributed by atoms with Crippen molar-refractivity contribution in [1.29, 1.82) is 0 Å². The first-order chi connectivity index (χ1) is 8.91. The Bertz CT molecular complexity index is 572. The highest BCUT2D eigenvalue weighted by Gasteiger charge is 2.26. The number of nitrogens with one attached hydrogen (secondary N) is 1. The zero-order valence-corrected chi connectivity index (χ0v) is 10.7. The van der Waals surface area contributed by atoms with Crippen molar-refractivity contribution in [2.75, 3.05) is 24.5 Å². The van der Waals surface area contributed by atoms with Crippen molar-refractivity contribution in [3.8, 4) is 0 Å². The molecule has 19 heavy (non-hydrogen) atoms. The molecule has 0 bridgehead atoms. The van der Waals surface area contributed by atoms with Crippen LogP contribution in [-0.4, -0.2) is 39.7 Å². The molecule has 2 rings (SSSR count). The normalized spacial score (nSPS) is 16.6. The molecule has 1 amide bonds. The highest BCUT2D eigenvalue weighted by atomic mass is 32.2. The molecule has 1 aromatic rings. The number of carbonyl (C=O) groups excluding carboxylic acids is 1. The first-order valence-corrected chi connectivity index (χ1v) is 7.09. The van der Waals surface area contributed by atoms with Crippen molar-refractivity contribution < 1.29 is 22.0 Å². The maximum absolute atomic E-state index is 12.4. The Labute approximate surface area is 109 Å². The number of anilines is 1. The van der Waals surface area contributed by atoms with E-state index in [-0.39, 0.29) is 12.5 Å². The first kappa shape index (κ1) is 13.7. The van der Waals surface area contributed by atoms with Crippen LogP contribution >= 0.6 is 0 Å². The van der Waals surface area contributed by atoms with Crippen LogP contribution in [0.25, 0.3) is 0 Å². The fourth-order valence-electron chi connectivity index (χ4n) is 1.81. The average Bonchev–Trinajstić information content (AvgIpc) is 2.38. The minimum absolute atomic E-state index is 0.129. The van der Waals surface area contributed by atoms with E-state index in [1.807, 2.05) is 0 Å².